The molecule has 2 rings (SSSR count). The Bertz CT molecular complexity index is 310. The first-order valence-electron chi connectivity index (χ1n) is 3.30. The maximum absolute atomic E-state index is 11.0. The Morgan fingerprint density at radius 3 is 3.18 bits per heavy atom. The third-order valence-corrected chi connectivity index (χ3v) is 1.68. The van der Waals surface area contributed by atoms with Gasteiger partial charge >= 0.3 is 0 Å². The van der Waals surface area contributed by atoms with Crippen molar-refractivity contribution in [2.45, 2.75) is 6.17 Å². The Morgan fingerprint density at radius 2 is 2.45 bits per heavy atom. The SMILES string of the molecule is NC1NC(=O)c2ncccc21. The van der Waals surface area contributed by atoms with Gasteiger partial charge in [0.1, 0.15) is 11.9 Å². The van der Waals surface area contributed by atoms with Gasteiger partial charge in [-0.05, 0) is 6.07 Å². The second-order valence-electron chi connectivity index (χ2n) is 2.39. The van der Waals surface area contributed by atoms with Gasteiger partial charge in [-0.15, -0.1) is 0 Å². The van der Waals surface area contributed by atoms with E-state index >= 15 is 0 Å². The molecular weight excluding hydrogens is 142 g/mol. The fraction of sp³-hybridized carbons (Fsp3) is 0.143. The highest BCUT2D eigenvalue weighted by Crippen LogP contribution is 2.17. The normalized spacial score (nSPS) is 21.2. The van der Waals surface area contributed by atoms with E-state index in [4.69, 9.17) is 5.73 Å². The number of rotatable bonds is 0. The standard InChI is InChI=1S/C7H7N3O/c8-6-4-2-1-3-9-5(4)7(11)10-6/h1-3,6H,8H2,(H,10,11). The molecule has 3 N–H and O–H groups in total. The van der Waals surface area contributed by atoms with Crippen molar-refractivity contribution in [3.63, 3.8) is 0 Å². The van der Waals surface area contributed by atoms with E-state index in [1.165, 1.54) is 0 Å². The van der Waals surface area contributed by atoms with E-state index in [1.54, 1.807) is 18.3 Å². The third kappa shape index (κ3) is 0.798. The number of pyridine rings is 1. The molecule has 1 amide bonds. The van der Waals surface area contributed by atoms with E-state index in [1.807, 2.05) is 0 Å². The fourth-order valence-corrected chi connectivity index (χ4v) is 1.15. The minimum Gasteiger partial charge on any atom is -0.331 e. The van der Waals surface area contributed by atoms with Gasteiger partial charge in [-0.2, -0.15) is 0 Å². The molecule has 0 saturated heterocycles. The van der Waals surface area contributed by atoms with Crippen LogP contribution in [0.4, 0.5) is 0 Å². The predicted octanol–water partition coefficient (Wildman–Crippen LogP) is -0.218. The molecule has 2 heterocycles. The van der Waals surface area contributed by atoms with Crippen LogP contribution in [0.5, 0.6) is 0 Å². The van der Waals surface area contributed by atoms with Gasteiger partial charge in [-0.25, -0.2) is 0 Å². The Kier molecular flexibility index (Phi) is 1.16. The summed E-state index contributed by atoms with van der Waals surface area (Å²) in [6, 6.07) is 3.56. The molecule has 56 valence electrons. The molecule has 1 aliphatic rings. The van der Waals surface area contributed by atoms with Crippen LogP contribution in [0.2, 0.25) is 0 Å². The van der Waals surface area contributed by atoms with Gasteiger partial charge in [-0.3, -0.25) is 9.78 Å². The minimum absolute atomic E-state index is 0.187. The quantitative estimate of drug-likeness (QED) is 0.536. The van der Waals surface area contributed by atoms with Gasteiger partial charge in [0.05, 0.1) is 0 Å². The molecule has 11 heavy (non-hydrogen) atoms. The molecule has 0 bridgehead atoms. The van der Waals surface area contributed by atoms with Crippen LogP contribution in [-0.2, 0) is 0 Å². The topological polar surface area (TPSA) is 68.0 Å². The van der Waals surface area contributed by atoms with Crippen molar-refractivity contribution in [3.8, 4) is 0 Å². The Morgan fingerprint density at radius 1 is 1.64 bits per heavy atom. The van der Waals surface area contributed by atoms with Crippen molar-refractivity contribution in [1.29, 1.82) is 0 Å². The Balaban J connectivity index is 2.60. The summed E-state index contributed by atoms with van der Waals surface area (Å²) >= 11 is 0. The highest BCUT2D eigenvalue weighted by atomic mass is 16.2. The van der Waals surface area contributed by atoms with E-state index in [9.17, 15) is 4.79 Å². The summed E-state index contributed by atoms with van der Waals surface area (Å²) < 4.78 is 0. The average Bonchev–Trinajstić information content (AvgIpc) is 2.30. The zero-order valence-corrected chi connectivity index (χ0v) is 5.74. The molecule has 1 aromatic rings. The van der Waals surface area contributed by atoms with Gasteiger partial charge in [0, 0.05) is 11.8 Å². The number of nitrogens with two attached hydrogens (primary N) is 1. The van der Waals surface area contributed by atoms with Gasteiger partial charge in [-0.1, -0.05) is 6.07 Å². The van der Waals surface area contributed by atoms with Gasteiger partial charge in [0.15, 0.2) is 0 Å². The third-order valence-electron chi connectivity index (χ3n) is 1.68. The molecular formula is C7H7N3O. The van der Waals surface area contributed by atoms with E-state index in [0.29, 0.717) is 5.69 Å². The number of amides is 1. The maximum atomic E-state index is 11.0. The molecule has 0 spiro atoms. The van der Waals surface area contributed by atoms with Gasteiger partial charge in [0.2, 0.25) is 0 Å². The summed E-state index contributed by atoms with van der Waals surface area (Å²) in [5.74, 6) is -0.187. The molecule has 1 aliphatic heterocycles. The van der Waals surface area contributed by atoms with Gasteiger partial charge in [0.25, 0.3) is 5.91 Å². The van der Waals surface area contributed by atoms with Crippen LogP contribution >= 0.6 is 0 Å². The van der Waals surface area contributed by atoms with Crippen LogP contribution in [0.15, 0.2) is 18.3 Å². The minimum atomic E-state index is -0.383. The summed E-state index contributed by atoms with van der Waals surface area (Å²) in [6.07, 6.45) is 1.20. The van der Waals surface area contributed by atoms with Crippen molar-refractivity contribution in [3.05, 3.63) is 29.6 Å². The lowest BCUT2D eigenvalue weighted by molar-refractivity contribution is 0.0953. The van der Waals surface area contributed by atoms with E-state index in [0.717, 1.165) is 5.56 Å². The van der Waals surface area contributed by atoms with Crippen molar-refractivity contribution < 1.29 is 4.79 Å². The molecule has 0 aliphatic carbocycles. The predicted molar refractivity (Wildman–Crippen MR) is 38.6 cm³/mol. The van der Waals surface area contributed by atoms with Crippen LogP contribution in [-0.4, -0.2) is 10.9 Å². The maximum Gasteiger partial charge on any atom is 0.271 e. The number of aromatic nitrogens is 1. The van der Waals surface area contributed by atoms with Crippen LogP contribution in [0, 0.1) is 0 Å². The molecule has 0 aromatic carbocycles. The molecule has 1 aromatic heterocycles. The van der Waals surface area contributed by atoms with Crippen molar-refractivity contribution in [2.75, 3.05) is 0 Å². The summed E-state index contributed by atoms with van der Waals surface area (Å²) in [4.78, 5) is 14.9. The largest absolute Gasteiger partial charge is 0.331 e. The van der Waals surface area contributed by atoms with Crippen molar-refractivity contribution in [2.24, 2.45) is 5.73 Å². The van der Waals surface area contributed by atoms with Crippen LogP contribution in [0.1, 0.15) is 22.2 Å². The fourth-order valence-electron chi connectivity index (χ4n) is 1.15. The van der Waals surface area contributed by atoms with Gasteiger partial charge < -0.3 is 11.1 Å². The first-order valence-corrected chi connectivity index (χ1v) is 3.30. The number of carbonyl (C=O) groups excluding carboxylic acids is 1. The first-order chi connectivity index (χ1) is 5.29. The smallest absolute Gasteiger partial charge is 0.271 e. The van der Waals surface area contributed by atoms with Crippen molar-refractivity contribution in [1.82, 2.24) is 10.3 Å². The van der Waals surface area contributed by atoms with Crippen molar-refractivity contribution >= 4 is 5.91 Å². The number of fused-ring (bicyclic) bond motifs is 1. The molecule has 1 atom stereocenters. The Hall–Kier alpha value is -1.42. The van der Waals surface area contributed by atoms with E-state index < -0.39 is 0 Å². The lowest BCUT2D eigenvalue weighted by atomic mass is 10.2. The molecule has 4 nitrogen and oxygen atoms in total. The zero-order chi connectivity index (χ0) is 7.84. The lowest BCUT2D eigenvalue weighted by Gasteiger charge is -2.00. The second-order valence-corrected chi connectivity index (χ2v) is 2.39. The summed E-state index contributed by atoms with van der Waals surface area (Å²) in [5.41, 5.74) is 6.78. The van der Waals surface area contributed by atoms with Crippen LogP contribution in [0.3, 0.4) is 0 Å². The number of carbonyl (C=O) groups is 1. The highest BCUT2D eigenvalue weighted by Gasteiger charge is 2.25. The molecule has 4 heteroatoms. The van der Waals surface area contributed by atoms with Crippen LogP contribution < -0.4 is 11.1 Å². The second kappa shape index (κ2) is 2.03. The Labute approximate surface area is 63.4 Å². The van der Waals surface area contributed by atoms with E-state index in [2.05, 4.69) is 10.3 Å². The molecule has 0 radical (unpaired) electrons. The summed E-state index contributed by atoms with van der Waals surface area (Å²) in [5, 5.41) is 2.56. The average molecular weight is 149 g/mol. The van der Waals surface area contributed by atoms with Crippen LogP contribution in [0.25, 0.3) is 0 Å². The number of hydrogen-bond donors (Lipinski definition) is 2. The highest BCUT2D eigenvalue weighted by molar-refractivity contribution is 5.96. The monoisotopic (exact) mass is 149 g/mol. The molecule has 0 fully saturated rings. The first kappa shape index (κ1) is 6.30. The zero-order valence-electron chi connectivity index (χ0n) is 5.74. The number of nitrogens with one attached hydrogen (secondary N) is 1. The number of nitrogens with zero attached hydrogens (tertiary/aromatic N) is 1. The molecule has 1 unspecified atom stereocenters. The number of hydrogen-bond acceptors (Lipinski definition) is 3. The summed E-state index contributed by atoms with van der Waals surface area (Å²) in [6.45, 7) is 0. The van der Waals surface area contributed by atoms with E-state index in [-0.39, 0.29) is 12.1 Å². The lowest BCUT2D eigenvalue weighted by Crippen LogP contribution is -2.25. The molecule has 0 saturated carbocycles. The summed E-state index contributed by atoms with van der Waals surface area (Å²) in [7, 11) is 0.